The van der Waals surface area contributed by atoms with Gasteiger partial charge in [0.05, 0.1) is 11.3 Å². The number of piperidine rings is 3. The fraction of sp³-hybridized carbons (Fsp3) is 0.500. The molecule has 4 rings (SSSR count). The van der Waals surface area contributed by atoms with Crippen LogP contribution in [0.4, 0.5) is 10.1 Å². The van der Waals surface area contributed by atoms with Crippen LogP contribution in [0, 0.1) is 11.7 Å². The van der Waals surface area contributed by atoms with E-state index < -0.39 is 5.82 Å². The molecule has 0 radical (unpaired) electrons. The summed E-state index contributed by atoms with van der Waals surface area (Å²) in [6.07, 6.45) is 2.27. The van der Waals surface area contributed by atoms with Crippen molar-refractivity contribution in [1.82, 2.24) is 10.2 Å². The minimum Gasteiger partial charge on any atom is -0.396 e. The summed E-state index contributed by atoms with van der Waals surface area (Å²) in [6.45, 7) is 3.17. The number of amides is 1. The molecule has 4 nitrogen and oxygen atoms in total. The van der Waals surface area contributed by atoms with Crippen molar-refractivity contribution < 1.29 is 9.18 Å². The zero-order valence-electron chi connectivity index (χ0n) is 11.0. The Balaban J connectivity index is 1.75. The number of carbonyl (C=O) groups excluding carboxylic acids is 1. The summed E-state index contributed by atoms with van der Waals surface area (Å²) < 4.78 is 13.7. The predicted molar refractivity (Wildman–Crippen MR) is 78.9 cm³/mol. The number of nitrogens with zero attached hydrogens (tertiary/aromatic N) is 1. The average molecular weight is 342 g/mol. The lowest BCUT2D eigenvalue weighted by Gasteiger charge is -2.44. The molecule has 108 valence electrons. The van der Waals surface area contributed by atoms with Crippen LogP contribution in [0.25, 0.3) is 0 Å². The maximum atomic E-state index is 13.3. The van der Waals surface area contributed by atoms with E-state index in [1.807, 2.05) is 0 Å². The SMILES string of the molecule is Nc1cc(C(=O)NC2CN3CCC2CC3)c(Br)cc1F. The molecule has 0 aromatic heterocycles. The van der Waals surface area contributed by atoms with Crippen molar-refractivity contribution in [1.29, 1.82) is 0 Å². The highest BCUT2D eigenvalue weighted by Crippen LogP contribution is 2.28. The number of rotatable bonds is 2. The molecule has 3 aliphatic rings. The van der Waals surface area contributed by atoms with Crippen molar-refractivity contribution in [2.45, 2.75) is 18.9 Å². The van der Waals surface area contributed by atoms with Crippen LogP contribution in [-0.4, -0.2) is 36.5 Å². The summed E-state index contributed by atoms with van der Waals surface area (Å²) in [6, 6.07) is 2.81. The van der Waals surface area contributed by atoms with Crippen LogP contribution in [0.15, 0.2) is 16.6 Å². The summed E-state index contributed by atoms with van der Waals surface area (Å²) in [5, 5.41) is 3.07. The Labute approximate surface area is 125 Å². The van der Waals surface area contributed by atoms with E-state index in [0.717, 1.165) is 32.5 Å². The van der Waals surface area contributed by atoms with E-state index >= 15 is 0 Å². The third kappa shape index (κ3) is 2.54. The van der Waals surface area contributed by atoms with E-state index in [2.05, 4.69) is 26.1 Å². The second-order valence-corrected chi connectivity index (χ2v) is 6.43. The van der Waals surface area contributed by atoms with E-state index in [1.165, 1.54) is 12.1 Å². The Bertz CT molecular complexity index is 543. The number of anilines is 1. The molecule has 1 amide bonds. The van der Waals surface area contributed by atoms with E-state index in [9.17, 15) is 9.18 Å². The van der Waals surface area contributed by atoms with Gasteiger partial charge in [0.2, 0.25) is 0 Å². The van der Waals surface area contributed by atoms with Crippen molar-refractivity contribution >= 4 is 27.5 Å². The molecule has 20 heavy (non-hydrogen) atoms. The number of nitrogens with two attached hydrogens (primary N) is 1. The van der Waals surface area contributed by atoms with Gasteiger partial charge in [0, 0.05) is 17.1 Å². The van der Waals surface area contributed by atoms with Crippen LogP contribution in [0.2, 0.25) is 0 Å². The molecule has 0 aliphatic carbocycles. The minimum absolute atomic E-state index is 0.00716. The van der Waals surface area contributed by atoms with Gasteiger partial charge in [0.15, 0.2) is 0 Å². The average Bonchev–Trinajstić information content (AvgIpc) is 2.44. The molecule has 6 heteroatoms. The molecule has 3 N–H and O–H groups in total. The van der Waals surface area contributed by atoms with Crippen LogP contribution in [0.5, 0.6) is 0 Å². The number of carbonyl (C=O) groups is 1. The highest BCUT2D eigenvalue weighted by atomic mass is 79.9. The molecule has 1 unspecified atom stereocenters. The van der Waals surface area contributed by atoms with Crippen molar-refractivity contribution in [2.75, 3.05) is 25.4 Å². The fourth-order valence-electron chi connectivity index (χ4n) is 3.11. The molecule has 2 bridgehead atoms. The summed E-state index contributed by atoms with van der Waals surface area (Å²) in [7, 11) is 0. The Kier molecular flexibility index (Phi) is 3.69. The van der Waals surface area contributed by atoms with Crippen LogP contribution < -0.4 is 11.1 Å². The molecule has 3 fully saturated rings. The molecule has 1 aromatic carbocycles. The monoisotopic (exact) mass is 341 g/mol. The Hall–Kier alpha value is -1.14. The molecule has 3 aliphatic heterocycles. The quantitative estimate of drug-likeness (QED) is 0.809. The maximum Gasteiger partial charge on any atom is 0.252 e. The number of hydrogen-bond donors (Lipinski definition) is 2. The standard InChI is InChI=1S/C14H17BrFN3O/c15-10-6-11(16)12(17)5-9(10)14(20)18-13-7-19-3-1-8(13)2-4-19/h5-6,8,13H,1-4,7,17H2,(H,18,20). The van der Waals surface area contributed by atoms with E-state index in [1.54, 1.807) is 0 Å². The fourth-order valence-corrected chi connectivity index (χ4v) is 3.61. The molecule has 1 atom stereocenters. The molecule has 1 aromatic rings. The Morgan fingerprint density at radius 3 is 2.70 bits per heavy atom. The van der Waals surface area contributed by atoms with Crippen LogP contribution in [0.1, 0.15) is 23.2 Å². The lowest BCUT2D eigenvalue weighted by molar-refractivity contribution is 0.0620. The molecular weight excluding hydrogens is 325 g/mol. The largest absolute Gasteiger partial charge is 0.396 e. The van der Waals surface area contributed by atoms with Gasteiger partial charge in [0.1, 0.15) is 5.82 Å². The van der Waals surface area contributed by atoms with Gasteiger partial charge >= 0.3 is 0 Å². The summed E-state index contributed by atoms with van der Waals surface area (Å²) in [5.41, 5.74) is 5.92. The number of halogens is 2. The van der Waals surface area contributed by atoms with Gasteiger partial charge in [-0.2, -0.15) is 0 Å². The normalized spacial score (nSPS) is 28.4. The Morgan fingerprint density at radius 2 is 2.10 bits per heavy atom. The van der Waals surface area contributed by atoms with Gasteiger partial charge < -0.3 is 16.0 Å². The van der Waals surface area contributed by atoms with E-state index in [-0.39, 0.29) is 17.6 Å². The maximum absolute atomic E-state index is 13.3. The summed E-state index contributed by atoms with van der Waals surface area (Å²) in [4.78, 5) is 14.7. The van der Waals surface area contributed by atoms with Crippen LogP contribution in [0.3, 0.4) is 0 Å². The first-order chi connectivity index (χ1) is 9.54. The highest BCUT2D eigenvalue weighted by molar-refractivity contribution is 9.10. The molecule has 0 spiro atoms. The zero-order valence-corrected chi connectivity index (χ0v) is 12.6. The number of fused-ring (bicyclic) bond motifs is 3. The lowest BCUT2D eigenvalue weighted by Crippen LogP contribution is -2.57. The topological polar surface area (TPSA) is 58.4 Å². The van der Waals surface area contributed by atoms with Gasteiger partial charge in [-0.1, -0.05) is 0 Å². The second kappa shape index (κ2) is 5.33. The molecule has 0 saturated carbocycles. The molecular formula is C14H17BrFN3O. The highest BCUT2D eigenvalue weighted by Gasteiger charge is 2.35. The first kappa shape index (κ1) is 13.8. The third-order valence-corrected chi connectivity index (χ3v) is 4.96. The van der Waals surface area contributed by atoms with Gasteiger partial charge in [-0.3, -0.25) is 4.79 Å². The second-order valence-electron chi connectivity index (χ2n) is 5.57. The predicted octanol–water partition coefficient (Wildman–Crippen LogP) is 1.99. The van der Waals surface area contributed by atoms with E-state index in [4.69, 9.17) is 5.73 Å². The lowest BCUT2D eigenvalue weighted by atomic mass is 9.84. The van der Waals surface area contributed by atoms with Gasteiger partial charge in [-0.25, -0.2) is 4.39 Å². The third-order valence-electron chi connectivity index (χ3n) is 4.30. The number of nitrogen functional groups attached to an aromatic ring is 1. The first-order valence-corrected chi connectivity index (χ1v) is 7.61. The van der Waals surface area contributed by atoms with Gasteiger partial charge in [-0.05, 0) is 59.9 Å². The number of nitrogens with one attached hydrogen (secondary N) is 1. The van der Waals surface area contributed by atoms with Crippen LogP contribution in [-0.2, 0) is 0 Å². The molecule has 3 heterocycles. The van der Waals surface area contributed by atoms with E-state index in [0.29, 0.717) is 16.0 Å². The number of benzene rings is 1. The van der Waals surface area contributed by atoms with Crippen molar-refractivity contribution in [3.8, 4) is 0 Å². The Morgan fingerprint density at radius 1 is 1.40 bits per heavy atom. The van der Waals surface area contributed by atoms with Gasteiger partial charge in [0.25, 0.3) is 5.91 Å². The molecule has 3 saturated heterocycles. The minimum atomic E-state index is -0.517. The summed E-state index contributed by atoms with van der Waals surface area (Å²) >= 11 is 3.22. The van der Waals surface area contributed by atoms with Crippen molar-refractivity contribution in [2.24, 2.45) is 5.92 Å². The van der Waals surface area contributed by atoms with Crippen LogP contribution >= 0.6 is 15.9 Å². The van der Waals surface area contributed by atoms with Crippen molar-refractivity contribution in [3.05, 3.63) is 28.0 Å². The van der Waals surface area contributed by atoms with Gasteiger partial charge in [-0.15, -0.1) is 0 Å². The smallest absolute Gasteiger partial charge is 0.252 e. The van der Waals surface area contributed by atoms with Crippen molar-refractivity contribution in [3.63, 3.8) is 0 Å². The zero-order chi connectivity index (χ0) is 14.3. The summed E-state index contributed by atoms with van der Waals surface area (Å²) in [5.74, 6) is -0.154. The number of hydrogen-bond acceptors (Lipinski definition) is 3. The first-order valence-electron chi connectivity index (χ1n) is 6.82.